The third-order valence-corrected chi connectivity index (χ3v) is 0.500. The molecule has 66 valence electrons. The van der Waals surface area contributed by atoms with Gasteiger partial charge in [0.1, 0.15) is 0 Å². The highest BCUT2D eigenvalue weighted by Crippen LogP contribution is 1.62. The van der Waals surface area contributed by atoms with Gasteiger partial charge in [-0.2, -0.15) is 0 Å². The molecule has 0 spiro atoms. The molecular formula is C8H23NO. The van der Waals surface area contributed by atoms with Crippen molar-refractivity contribution in [3.63, 3.8) is 0 Å². The van der Waals surface area contributed by atoms with Crippen molar-refractivity contribution in [3.8, 4) is 0 Å². The van der Waals surface area contributed by atoms with Gasteiger partial charge in [-0.05, 0) is 20.0 Å². The molecule has 10 heavy (non-hydrogen) atoms. The lowest BCUT2D eigenvalue weighted by Crippen LogP contribution is -2.04. The van der Waals surface area contributed by atoms with Gasteiger partial charge in [-0.1, -0.05) is 27.2 Å². The van der Waals surface area contributed by atoms with E-state index in [1.165, 1.54) is 12.8 Å². The molecule has 0 rings (SSSR count). The van der Waals surface area contributed by atoms with Crippen molar-refractivity contribution in [1.29, 1.82) is 0 Å². The topological polar surface area (TPSA) is 32.3 Å². The van der Waals surface area contributed by atoms with Crippen LogP contribution in [0.1, 0.15) is 33.6 Å². The summed E-state index contributed by atoms with van der Waals surface area (Å²) >= 11 is 0. The maximum atomic E-state index is 7.00. The fourth-order valence-electron chi connectivity index (χ4n) is 0.250. The van der Waals surface area contributed by atoms with Gasteiger partial charge >= 0.3 is 0 Å². The van der Waals surface area contributed by atoms with Gasteiger partial charge in [0.25, 0.3) is 0 Å². The fraction of sp³-hybridized carbons (Fsp3) is 1.00. The molecule has 0 unspecified atom stereocenters. The summed E-state index contributed by atoms with van der Waals surface area (Å²) in [5.74, 6) is 0. The van der Waals surface area contributed by atoms with Crippen LogP contribution >= 0.6 is 0 Å². The minimum atomic E-state index is 1.00. The van der Waals surface area contributed by atoms with Gasteiger partial charge in [0, 0.05) is 7.11 Å². The molecule has 0 heterocycles. The molecule has 0 radical (unpaired) electrons. The summed E-state index contributed by atoms with van der Waals surface area (Å²) in [6.07, 6.45) is 2.48. The average Bonchev–Trinajstić information content (AvgIpc) is 1.96. The van der Waals surface area contributed by atoms with Crippen molar-refractivity contribution < 1.29 is 5.11 Å². The van der Waals surface area contributed by atoms with Crippen LogP contribution < -0.4 is 5.32 Å². The van der Waals surface area contributed by atoms with Crippen LogP contribution in [0.3, 0.4) is 0 Å². The Labute approximate surface area is 65.6 Å². The summed E-state index contributed by atoms with van der Waals surface area (Å²) in [7, 11) is 2.96. The van der Waals surface area contributed by atoms with Gasteiger partial charge in [-0.3, -0.25) is 0 Å². The molecule has 2 heteroatoms. The van der Waals surface area contributed by atoms with Crippen molar-refractivity contribution in [2.45, 2.75) is 33.6 Å². The fourth-order valence-corrected chi connectivity index (χ4v) is 0.250. The summed E-state index contributed by atoms with van der Waals surface area (Å²) in [5.41, 5.74) is 0. The second kappa shape index (κ2) is 36.4. The Morgan fingerprint density at radius 1 is 1.10 bits per heavy atom. The third-order valence-electron chi connectivity index (χ3n) is 0.500. The van der Waals surface area contributed by atoms with Gasteiger partial charge < -0.3 is 10.4 Å². The van der Waals surface area contributed by atoms with E-state index in [0.29, 0.717) is 0 Å². The maximum Gasteiger partial charge on any atom is 0.0319 e. The van der Waals surface area contributed by atoms with E-state index in [9.17, 15) is 0 Å². The van der Waals surface area contributed by atoms with Crippen molar-refractivity contribution in [2.24, 2.45) is 0 Å². The predicted molar refractivity (Wildman–Crippen MR) is 48.3 cm³/mol. The zero-order chi connectivity index (χ0) is 8.83. The number of hydrogen-bond acceptors (Lipinski definition) is 2. The number of aliphatic hydroxyl groups is 1. The Kier molecular flexibility index (Phi) is 60.0. The highest BCUT2D eigenvalue weighted by Gasteiger charge is 1.64. The van der Waals surface area contributed by atoms with Gasteiger partial charge in [0.15, 0.2) is 0 Å². The smallest absolute Gasteiger partial charge is 0.0319 e. The van der Waals surface area contributed by atoms with E-state index in [1.807, 2.05) is 7.05 Å². The quantitative estimate of drug-likeness (QED) is 0.625. The van der Waals surface area contributed by atoms with Crippen LogP contribution in [0.15, 0.2) is 0 Å². The summed E-state index contributed by atoms with van der Waals surface area (Å²) in [4.78, 5) is 0. The highest BCUT2D eigenvalue weighted by atomic mass is 16.2. The highest BCUT2D eigenvalue weighted by molar-refractivity contribution is 4.28. The normalized spacial score (nSPS) is 6.60. The van der Waals surface area contributed by atoms with Crippen LogP contribution in [0.4, 0.5) is 0 Å². The lowest BCUT2D eigenvalue weighted by molar-refractivity contribution is 0.399. The molecule has 0 aromatic carbocycles. The maximum absolute atomic E-state index is 7.00. The van der Waals surface area contributed by atoms with E-state index in [2.05, 4.69) is 26.1 Å². The van der Waals surface area contributed by atoms with E-state index in [4.69, 9.17) is 5.11 Å². The second-order valence-corrected chi connectivity index (χ2v) is 1.81. The number of nitrogens with one attached hydrogen (secondary N) is 1. The Balaban J connectivity index is -0.0000000847. The number of rotatable bonds is 2. The van der Waals surface area contributed by atoms with Crippen LogP contribution in [0.2, 0.25) is 0 Å². The van der Waals surface area contributed by atoms with E-state index >= 15 is 0 Å². The largest absolute Gasteiger partial charge is 0.400 e. The first-order valence-electron chi connectivity index (χ1n) is 3.92. The van der Waals surface area contributed by atoms with Crippen molar-refractivity contribution in [2.75, 3.05) is 20.7 Å². The molecule has 0 aromatic rings. The van der Waals surface area contributed by atoms with E-state index in [-0.39, 0.29) is 0 Å². The van der Waals surface area contributed by atoms with Gasteiger partial charge in [-0.15, -0.1) is 0 Å². The second-order valence-electron chi connectivity index (χ2n) is 1.81. The first-order valence-corrected chi connectivity index (χ1v) is 3.92. The Bertz CT molecular complexity index is 23.2. The number of aliphatic hydroxyl groups excluding tert-OH is 1. The molecule has 2 N–H and O–H groups in total. The lowest BCUT2D eigenvalue weighted by Gasteiger charge is -1.84. The van der Waals surface area contributed by atoms with Crippen LogP contribution in [0.5, 0.6) is 0 Å². The minimum absolute atomic E-state index is 1.00. The van der Waals surface area contributed by atoms with Crippen molar-refractivity contribution in [1.82, 2.24) is 5.32 Å². The molecule has 0 aliphatic carbocycles. The molecule has 0 bridgehead atoms. The third kappa shape index (κ3) is 103. The molecule has 0 saturated carbocycles. The summed E-state index contributed by atoms with van der Waals surface area (Å²) in [6.45, 7) is 7.54. The summed E-state index contributed by atoms with van der Waals surface area (Å²) in [6, 6.07) is 0. The Morgan fingerprint density at radius 2 is 1.40 bits per heavy atom. The average molecular weight is 149 g/mol. The molecule has 0 aliphatic heterocycles. The zero-order valence-corrected chi connectivity index (χ0v) is 8.07. The molecule has 0 saturated heterocycles. The van der Waals surface area contributed by atoms with E-state index in [0.717, 1.165) is 13.7 Å². The molecule has 2 nitrogen and oxygen atoms in total. The van der Waals surface area contributed by atoms with E-state index < -0.39 is 0 Å². The van der Waals surface area contributed by atoms with Gasteiger partial charge in [-0.25, -0.2) is 0 Å². The van der Waals surface area contributed by atoms with Gasteiger partial charge in [0.2, 0.25) is 0 Å². The van der Waals surface area contributed by atoms with Crippen LogP contribution in [0.25, 0.3) is 0 Å². The number of hydrogen-bond donors (Lipinski definition) is 2. The van der Waals surface area contributed by atoms with Crippen LogP contribution in [-0.2, 0) is 0 Å². The Morgan fingerprint density at radius 3 is 1.40 bits per heavy atom. The molecule has 0 aromatic heterocycles. The van der Waals surface area contributed by atoms with Crippen LogP contribution in [-0.4, -0.2) is 25.8 Å². The summed E-state index contributed by atoms with van der Waals surface area (Å²) in [5, 5.41) is 10.0. The standard InChI is InChI=1S/C4H11N.C3H8.CH4O/c1-3-4-5-2;1-3-2;1-2/h5H,3-4H2,1-2H3;3H2,1-2H3;2H,1H3. The first kappa shape index (κ1) is 16.5. The molecule has 0 atom stereocenters. The first-order chi connectivity index (χ1) is 4.83. The zero-order valence-electron chi connectivity index (χ0n) is 8.07. The lowest BCUT2D eigenvalue weighted by atomic mass is 10.5. The minimum Gasteiger partial charge on any atom is -0.400 e. The Hall–Kier alpha value is -0.0800. The monoisotopic (exact) mass is 149 g/mol. The predicted octanol–water partition coefficient (Wildman–Crippen LogP) is 1.64. The summed E-state index contributed by atoms with van der Waals surface area (Å²) < 4.78 is 0. The van der Waals surface area contributed by atoms with Crippen LogP contribution in [0, 0.1) is 0 Å². The SMILES string of the molecule is CCC.CCCNC.CO. The molecule has 0 fully saturated rings. The molecule has 0 aliphatic rings. The van der Waals surface area contributed by atoms with Crippen molar-refractivity contribution in [3.05, 3.63) is 0 Å². The molecule has 0 amide bonds. The van der Waals surface area contributed by atoms with Crippen molar-refractivity contribution >= 4 is 0 Å². The van der Waals surface area contributed by atoms with E-state index in [1.54, 1.807) is 0 Å². The molecular weight excluding hydrogens is 126 g/mol. The van der Waals surface area contributed by atoms with Gasteiger partial charge in [0.05, 0.1) is 0 Å².